The van der Waals surface area contributed by atoms with Crippen LogP contribution in [0.4, 0.5) is 0 Å². The molecule has 2 heterocycles. The third kappa shape index (κ3) is 5.23. The van der Waals surface area contributed by atoms with Crippen molar-refractivity contribution in [3.8, 4) is 11.5 Å². The summed E-state index contributed by atoms with van der Waals surface area (Å²) in [5.41, 5.74) is 0.866. The third-order valence-corrected chi connectivity index (χ3v) is 4.53. The number of carbonyl (C=O) groups excluding carboxylic acids is 2. The lowest BCUT2D eigenvalue weighted by molar-refractivity contribution is -0.120. The number of nitrogens with zero attached hydrogens (tertiary/aromatic N) is 1. The van der Waals surface area contributed by atoms with Gasteiger partial charge in [0.05, 0.1) is 17.9 Å². The molecule has 1 aromatic heterocycles. The van der Waals surface area contributed by atoms with Crippen molar-refractivity contribution in [2.75, 3.05) is 19.6 Å². The normalized spacial score (nSPS) is 11.9. The molecule has 0 bridgehead atoms. The summed E-state index contributed by atoms with van der Waals surface area (Å²) in [4.78, 5) is 41.9. The van der Waals surface area contributed by atoms with E-state index in [1.54, 1.807) is 6.07 Å². The van der Waals surface area contributed by atoms with Gasteiger partial charge in [0.1, 0.15) is 0 Å². The van der Waals surface area contributed by atoms with Crippen LogP contribution in [0.2, 0.25) is 0 Å². The van der Waals surface area contributed by atoms with Gasteiger partial charge < -0.3 is 25.1 Å². The number of nitrogens with one attached hydrogen (secondary N) is 3. The number of hydrogen-bond acceptors (Lipinski definition) is 7. The number of benzene rings is 1. The molecule has 1 aliphatic heterocycles. The Bertz CT molecular complexity index is 914. The van der Waals surface area contributed by atoms with Crippen molar-refractivity contribution in [2.24, 2.45) is 0 Å². The monoisotopic (exact) mass is 390 g/mol. The van der Waals surface area contributed by atoms with Gasteiger partial charge in [-0.3, -0.25) is 14.4 Å². The van der Waals surface area contributed by atoms with E-state index in [0.717, 1.165) is 17.3 Å². The number of ether oxygens (including phenoxy) is 2. The Morgan fingerprint density at radius 1 is 1.22 bits per heavy atom. The molecular formula is C17H18N4O5S. The first-order valence-corrected chi connectivity index (χ1v) is 9.11. The van der Waals surface area contributed by atoms with Crippen LogP contribution in [0.5, 0.6) is 11.5 Å². The minimum Gasteiger partial charge on any atom is -0.454 e. The number of hydrogen-bond donors (Lipinski definition) is 3. The second kappa shape index (κ2) is 8.58. The Balaban J connectivity index is 1.51. The molecule has 1 aromatic carbocycles. The Morgan fingerprint density at radius 3 is 2.85 bits per heavy atom. The highest BCUT2D eigenvalue weighted by Crippen LogP contribution is 2.32. The van der Waals surface area contributed by atoms with Gasteiger partial charge in [0, 0.05) is 19.7 Å². The smallest absolute Gasteiger partial charge is 0.251 e. The molecule has 0 aliphatic carbocycles. The summed E-state index contributed by atoms with van der Waals surface area (Å²) < 4.78 is 10.5. The van der Waals surface area contributed by atoms with Crippen molar-refractivity contribution in [3.63, 3.8) is 0 Å². The average Bonchev–Trinajstić information content (AvgIpc) is 3.12. The van der Waals surface area contributed by atoms with Crippen LogP contribution in [-0.2, 0) is 22.6 Å². The summed E-state index contributed by atoms with van der Waals surface area (Å²) in [6, 6.07) is 6.73. The second-order valence-electron chi connectivity index (χ2n) is 5.64. The van der Waals surface area contributed by atoms with Crippen LogP contribution < -0.4 is 25.7 Å². The molecule has 10 heteroatoms. The highest BCUT2D eigenvalue weighted by atomic mass is 32.2. The fourth-order valence-corrected chi connectivity index (χ4v) is 3.06. The number of aromatic nitrogens is 2. The SMILES string of the molecule is CNC(=O)Cc1cc(=O)[nH]c(SCC(=O)NCc2ccc3c(c2)OCO3)n1. The molecular weight excluding hydrogens is 372 g/mol. The number of carbonyl (C=O) groups is 2. The van der Waals surface area contributed by atoms with Crippen LogP contribution >= 0.6 is 11.8 Å². The molecule has 0 unspecified atom stereocenters. The lowest BCUT2D eigenvalue weighted by Gasteiger charge is -2.07. The standard InChI is InChI=1S/C17H18N4O5S/c1-18-14(22)5-11-6-15(23)21-17(20-11)27-8-16(24)19-7-10-2-3-12-13(4-10)26-9-25-12/h2-4,6H,5,7-9H2,1H3,(H,18,22)(H,19,24)(H,20,21,23). The van der Waals surface area contributed by atoms with Crippen LogP contribution in [0.25, 0.3) is 0 Å². The lowest BCUT2D eigenvalue weighted by Crippen LogP contribution is -2.25. The predicted molar refractivity (Wildman–Crippen MR) is 97.8 cm³/mol. The van der Waals surface area contributed by atoms with Gasteiger partial charge in [-0.25, -0.2) is 4.98 Å². The first-order chi connectivity index (χ1) is 13.0. The van der Waals surface area contributed by atoms with Crippen molar-refractivity contribution in [3.05, 3.63) is 45.9 Å². The summed E-state index contributed by atoms with van der Waals surface area (Å²) in [5, 5.41) is 5.55. The number of likely N-dealkylation sites (N-methyl/N-ethyl adjacent to an activating group) is 1. The largest absolute Gasteiger partial charge is 0.454 e. The fourth-order valence-electron chi connectivity index (χ4n) is 2.33. The van der Waals surface area contributed by atoms with Crippen LogP contribution in [-0.4, -0.2) is 41.4 Å². The molecule has 142 valence electrons. The summed E-state index contributed by atoms with van der Waals surface area (Å²) in [7, 11) is 1.51. The zero-order chi connectivity index (χ0) is 19.2. The minimum atomic E-state index is -0.368. The van der Waals surface area contributed by atoms with Crippen LogP contribution in [0.15, 0.2) is 34.2 Å². The minimum absolute atomic E-state index is 0.00426. The van der Waals surface area contributed by atoms with E-state index in [1.807, 2.05) is 12.1 Å². The van der Waals surface area contributed by atoms with E-state index in [2.05, 4.69) is 20.6 Å². The van der Waals surface area contributed by atoms with E-state index in [9.17, 15) is 14.4 Å². The molecule has 0 fully saturated rings. The van der Waals surface area contributed by atoms with E-state index in [4.69, 9.17) is 9.47 Å². The van der Waals surface area contributed by atoms with Gasteiger partial charge in [-0.05, 0) is 17.7 Å². The predicted octanol–water partition coefficient (Wildman–Crippen LogP) is 0.196. The molecule has 2 amide bonds. The summed E-state index contributed by atoms with van der Waals surface area (Å²) in [5.74, 6) is 0.970. The first-order valence-electron chi connectivity index (χ1n) is 8.12. The quantitative estimate of drug-likeness (QED) is 0.456. The van der Waals surface area contributed by atoms with Gasteiger partial charge in [0.15, 0.2) is 16.7 Å². The van der Waals surface area contributed by atoms with Crippen molar-refractivity contribution in [1.82, 2.24) is 20.6 Å². The van der Waals surface area contributed by atoms with Crippen LogP contribution in [0.3, 0.4) is 0 Å². The Hall–Kier alpha value is -3.01. The summed E-state index contributed by atoms with van der Waals surface area (Å²) in [6.45, 7) is 0.544. The number of H-pyrrole nitrogens is 1. The Labute approximate surface area is 158 Å². The van der Waals surface area contributed by atoms with E-state index in [0.29, 0.717) is 28.9 Å². The molecule has 0 spiro atoms. The van der Waals surface area contributed by atoms with Gasteiger partial charge in [0.25, 0.3) is 5.56 Å². The highest BCUT2D eigenvalue weighted by molar-refractivity contribution is 7.99. The first kappa shape index (κ1) is 18.8. The molecule has 3 rings (SSSR count). The van der Waals surface area contributed by atoms with Crippen LogP contribution in [0.1, 0.15) is 11.3 Å². The van der Waals surface area contributed by atoms with Crippen molar-refractivity contribution >= 4 is 23.6 Å². The number of amides is 2. The maximum Gasteiger partial charge on any atom is 0.251 e. The van der Waals surface area contributed by atoms with Gasteiger partial charge in [0.2, 0.25) is 18.6 Å². The lowest BCUT2D eigenvalue weighted by atomic mass is 10.2. The van der Waals surface area contributed by atoms with Gasteiger partial charge >= 0.3 is 0 Å². The molecule has 3 N–H and O–H groups in total. The molecule has 0 saturated heterocycles. The molecule has 9 nitrogen and oxygen atoms in total. The molecule has 0 radical (unpaired) electrons. The van der Waals surface area contributed by atoms with E-state index < -0.39 is 0 Å². The number of aromatic amines is 1. The summed E-state index contributed by atoms with van der Waals surface area (Å²) in [6.07, 6.45) is 0.00426. The Kier molecular flexibility index (Phi) is 5.97. The second-order valence-corrected chi connectivity index (χ2v) is 6.61. The van der Waals surface area contributed by atoms with E-state index >= 15 is 0 Å². The van der Waals surface area contributed by atoms with Gasteiger partial charge in [-0.1, -0.05) is 17.8 Å². The topological polar surface area (TPSA) is 122 Å². The number of fused-ring (bicyclic) bond motifs is 1. The van der Waals surface area contributed by atoms with Gasteiger partial charge in [-0.15, -0.1) is 0 Å². The molecule has 27 heavy (non-hydrogen) atoms. The van der Waals surface area contributed by atoms with E-state index in [-0.39, 0.29) is 36.3 Å². The maximum atomic E-state index is 12.0. The van der Waals surface area contributed by atoms with Crippen molar-refractivity contribution in [2.45, 2.75) is 18.1 Å². The molecule has 2 aromatic rings. The van der Waals surface area contributed by atoms with Crippen molar-refractivity contribution < 1.29 is 19.1 Å². The zero-order valence-corrected chi connectivity index (χ0v) is 15.4. The fraction of sp³-hybridized carbons (Fsp3) is 0.294. The molecule has 1 aliphatic rings. The summed E-state index contributed by atoms with van der Waals surface area (Å²) >= 11 is 1.09. The maximum absolute atomic E-state index is 12.0. The number of thioether (sulfide) groups is 1. The Morgan fingerprint density at radius 2 is 2.04 bits per heavy atom. The van der Waals surface area contributed by atoms with Gasteiger partial charge in [-0.2, -0.15) is 0 Å². The highest BCUT2D eigenvalue weighted by Gasteiger charge is 2.14. The third-order valence-electron chi connectivity index (χ3n) is 3.66. The molecule has 0 saturated carbocycles. The zero-order valence-electron chi connectivity index (χ0n) is 14.5. The average molecular weight is 390 g/mol. The van der Waals surface area contributed by atoms with Crippen LogP contribution in [0, 0.1) is 0 Å². The van der Waals surface area contributed by atoms with Crippen molar-refractivity contribution in [1.29, 1.82) is 0 Å². The molecule has 0 atom stereocenters. The van der Waals surface area contributed by atoms with E-state index in [1.165, 1.54) is 13.1 Å². The number of rotatable bonds is 7.